The summed E-state index contributed by atoms with van der Waals surface area (Å²) in [7, 11) is 0. The Morgan fingerprint density at radius 1 is 1.30 bits per heavy atom. The molecule has 0 spiro atoms. The van der Waals surface area contributed by atoms with E-state index in [4.69, 9.17) is 12.2 Å². The molecule has 0 bridgehead atoms. The Kier molecular flexibility index (Phi) is 3.57. The first-order chi connectivity index (χ1) is 9.65. The molecule has 2 heterocycles. The van der Waals surface area contributed by atoms with E-state index in [0.717, 1.165) is 29.7 Å². The number of aliphatic hydroxyl groups is 2. The molecule has 1 aliphatic carbocycles. The highest BCUT2D eigenvalue weighted by molar-refractivity contribution is 7.71. The third-order valence-corrected chi connectivity index (χ3v) is 4.64. The average molecular weight is 294 g/mol. The highest BCUT2D eigenvalue weighted by Crippen LogP contribution is 2.40. The topological polar surface area (TPSA) is 87.0 Å². The SMILES string of the molecule is Cc1ncnc2c1[nH]c(=S)n2C1CC(CO)C(CO)C1. The lowest BCUT2D eigenvalue weighted by Crippen LogP contribution is -2.15. The van der Waals surface area contributed by atoms with Gasteiger partial charge in [-0.2, -0.15) is 0 Å². The van der Waals surface area contributed by atoms with E-state index in [9.17, 15) is 10.2 Å². The maximum absolute atomic E-state index is 9.43. The average Bonchev–Trinajstić information content (AvgIpc) is 2.99. The van der Waals surface area contributed by atoms with Gasteiger partial charge in [0.2, 0.25) is 0 Å². The van der Waals surface area contributed by atoms with Gasteiger partial charge in [-0.25, -0.2) is 9.97 Å². The van der Waals surface area contributed by atoms with E-state index in [0.29, 0.717) is 4.77 Å². The minimum absolute atomic E-state index is 0.103. The summed E-state index contributed by atoms with van der Waals surface area (Å²) in [6, 6.07) is 0.167. The summed E-state index contributed by atoms with van der Waals surface area (Å²) in [5.74, 6) is 0.250. The van der Waals surface area contributed by atoms with Crippen LogP contribution in [0.25, 0.3) is 11.2 Å². The fraction of sp³-hybridized carbons (Fsp3) is 0.615. The summed E-state index contributed by atoms with van der Waals surface area (Å²) in [4.78, 5) is 11.7. The first-order valence-electron chi connectivity index (χ1n) is 6.79. The standard InChI is InChI=1S/C13H18N4O2S/c1-7-11-12(15-6-14-7)17(13(20)16-11)10-2-8(4-18)9(3-10)5-19/h6,8-10,18-19H,2-5H2,1H3,(H,16,20). The fourth-order valence-electron chi connectivity index (χ4n) is 3.23. The molecule has 1 aliphatic rings. The molecule has 3 N–H and O–H groups in total. The molecular formula is C13H18N4O2S. The highest BCUT2D eigenvalue weighted by atomic mass is 32.1. The Labute approximate surface area is 121 Å². The molecule has 7 heteroatoms. The molecule has 0 saturated heterocycles. The summed E-state index contributed by atoms with van der Waals surface area (Å²) >= 11 is 5.41. The number of aromatic nitrogens is 4. The molecule has 2 aromatic heterocycles. The lowest BCUT2D eigenvalue weighted by molar-refractivity contribution is 0.141. The van der Waals surface area contributed by atoms with Gasteiger partial charge < -0.3 is 15.2 Å². The van der Waals surface area contributed by atoms with Gasteiger partial charge in [-0.3, -0.25) is 4.57 Å². The van der Waals surface area contributed by atoms with E-state index in [2.05, 4.69) is 15.0 Å². The molecule has 1 saturated carbocycles. The molecule has 108 valence electrons. The van der Waals surface area contributed by atoms with Crippen LogP contribution >= 0.6 is 12.2 Å². The Morgan fingerprint density at radius 3 is 2.55 bits per heavy atom. The monoisotopic (exact) mass is 294 g/mol. The Bertz CT molecular complexity index is 669. The molecular weight excluding hydrogens is 276 g/mol. The van der Waals surface area contributed by atoms with Crippen molar-refractivity contribution in [3.05, 3.63) is 16.8 Å². The van der Waals surface area contributed by atoms with Gasteiger partial charge in [0.25, 0.3) is 0 Å². The zero-order valence-electron chi connectivity index (χ0n) is 11.3. The van der Waals surface area contributed by atoms with E-state index in [1.165, 1.54) is 0 Å². The lowest BCUT2D eigenvalue weighted by Gasteiger charge is -2.12. The van der Waals surface area contributed by atoms with Crippen LogP contribution in [0.5, 0.6) is 0 Å². The molecule has 3 rings (SSSR count). The number of H-pyrrole nitrogens is 1. The number of aliphatic hydroxyl groups excluding tert-OH is 2. The zero-order valence-corrected chi connectivity index (χ0v) is 12.1. The molecule has 2 unspecified atom stereocenters. The molecule has 2 atom stereocenters. The predicted molar refractivity (Wildman–Crippen MR) is 76.9 cm³/mol. The number of fused-ring (bicyclic) bond motifs is 1. The molecule has 0 radical (unpaired) electrons. The largest absolute Gasteiger partial charge is 0.396 e. The zero-order chi connectivity index (χ0) is 14.3. The Hall–Kier alpha value is -1.31. The summed E-state index contributed by atoms with van der Waals surface area (Å²) in [6.45, 7) is 2.12. The fourth-order valence-corrected chi connectivity index (χ4v) is 3.57. The number of imidazole rings is 1. The quantitative estimate of drug-likeness (QED) is 0.744. The number of hydrogen-bond acceptors (Lipinski definition) is 5. The van der Waals surface area contributed by atoms with Crippen LogP contribution in [0.3, 0.4) is 0 Å². The van der Waals surface area contributed by atoms with Crippen molar-refractivity contribution in [3.8, 4) is 0 Å². The van der Waals surface area contributed by atoms with Crippen molar-refractivity contribution in [1.29, 1.82) is 0 Å². The number of aromatic amines is 1. The van der Waals surface area contributed by atoms with Crippen molar-refractivity contribution in [1.82, 2.24) is 19.5 Å². The van der Waals surface area contributed by atoms with Crippen LogP contribution in [0.4, 0.5) is 0 Å². The van der Waals surface area contributed by atoms with Gasteiger partial charge >= 0.3 is 0 Å². The normalized spacial score (nSPS) is 26.4. The Balaban J connectivity index is 2.05. The third-order valence-electron chi connectivity index (χ3n) is 4.35. The molecule has 1 fully saturated rings. The summed E-state index contributed by atoms with van der Waals surface area (Å²) < 4.78 is 2.64. The van der Waals surface area contributed by atoms with E-state index >= 15 is 0 Å². The maximum Gasteiger partial charge on any atom is 0.179 e. The number of aryl methyl sites for hydroxylation is 1. The molecule has 0 amide bonds. The van der Waals surface area contributed by atoms with Crippen LogP contribution in [0.15, 0.2) is 6.33 Å². The van der Waals surface area contributed by atoms with Crippen molar-refractivity contribution < 1.29 is 10.2 Å². The van der Waals surface area contributed by atoms with Crippen molar-refractivity contribution >= 4 is 23.4 Å². The first kappa shape index (κ1) is 13.7. The molecule has 0 aromatic carbocycles. The molecule has 6 nitrogen and oxygen atoms in total. The van der Waals surface area contributed by atoms with E-state index < -0.39 is 0 Å². The number of rotatable bonds is 3. The second kappa shape index (κ2) is 5.23. The number of hydrogen-bond donors (Lipinski definition) is 3. The van der Waals surface area contributed by atoms with Crippen LogP contribution in [-0.4, -0.2) is 42.9 Å². The second-order valence-corrected chi connectivity index (χ2v) is 5.86. The van der Waals surface area contributed by atoms with Crippen LogP contribution < -0.4 is 0 Å². The lowest BCUT2D eigenvalue weighted by atomic mass is 9.98. The second-order valence-electron chi connectivity index (χ2n) is 5.47. The molecule has 0 aliphatic heterocycles. The van der Waals surface area contributed by atoms with Gasteiger partial charge in [0.15, 0.2) is 10.4 Å². The van der Waals surface area contributed by atoms with Crippen LogP contribution in [-0.2, 0) is 0 Å². The molecule has 20 heavy (non-hydrogen) atoms. The van der Waals surface area contributed by atoms with Gasteiger partial charge in [-0.05, 0) is 43.8 Å². The number of nitrogens with one attached hydrogen (secondary N) is 1. The van der Waals surface area contributed by atoms with E-state index in [1.54, 1.807) is 6.33 Å². The maximum atomic E-state index is 9.43. The van der Waals surface area contributed by atoms with Crippen LogP contribution in [0, 0.1) is 23.5 Å². The van der Waals surface area contributed by atoms with E-state index in [-0.39, 0.29) is 31.1 Å². The summed E-state index contributed by atoms with van der Waals surface area (Å²) in [5, 5.41) is 18.9. The minimum atomic E-state index is 0.103. The smallest absolute Gasteiger partial charge is 0.179 e. The van der Waals surface area contributed by atoms with Crippen molar-refractivity contribution in [2.24, 2.45) is 11.8 Å². The van der Waals surface area contributed by atoms with Gasteiger partial charge in [-0.1, -0.05) is 0 Å². The number of nitrogens with zero attached hydrogens (tertiary/aromatic N) is 3. The van der Waals surface area contributed by atoms with Crippen molar-refractivity contribution in [3.63, 3.8) is 0 Å². The van der Waals surface area contributed by atoms with E-state index in [1.807, 2.05) is 11.5 Å². The van der Waals surface area contributed by atoms with Gasteiger partial charge in [-0.15, -0.1) is 0 Å². The highest BCUT2D eigenvalue weighted by Gasteiger charge is 2.35. The summed E-state index contributed by atoms with van der Waals surface area (Å²) in [5.41, 5.74) is 2.54. The minimum Gasteiger partial charge on any atom is -0.396 e. The predicted octanol–water partition coefficient (Wildman–Crippen LogP) is 1.35. The van der Waals surface area contributed by atoms with Gasteiger partial charge in [0.05, 0.1) is 5.69 Å². The van der Waals surface area contributed by atoms with Gasteiger partial charge in [0, 0.05) is 19.3 Å². The molecule has 2 aromatic rings. The summed E-state index contributed by atoms with van der Waals surface area (Å²) in [6.07, 6.45) is 3.16. The van der Waals surface area contributed by atoms with Crippen LogP contribution in [0.2, 0.25) is 0 Å². The van der Waals surface area contributed by atoms with Gasteiger partial charge in [0.1, 0.15) is 11.8 Å². The Morgan fingerprint density at radius 2 is 1.95 bits per heavy atom. The van der Waals surface area contributed by atoms with Crippen LogP contribution in [0.1, 0.15) is 24.6 Å². The first-order valence-corrected chi connectivity index (χ1v) is 7.20. The van der Waals surface area contributed by atoms with Crippen molar-refractivity contribution in [2.75, 3.05) is 13.2 Å². The third kappa shape index (κ3) is 2.06. The van der Waals surface area contributed by atoms with Crippen molar-refractivity contribution in [2.45, 2.75) is 25.8 Å².